The van der Waals surface area contributed by atoms with Crippen LogP contribution >= 0.6 is 11.6 Å². The molecule has 1 heterocycles. The highest BCUT2D eigenvalue weighted by atomic mass is 35.5. The molecule has 0 aromatic carbocycles. The maximum atomic E-state index is 11.7. The normalized spacial score (nSPS) is 28.8. The zero-order valence-electron chi connectivity index (χ0n) is 12.0. The van der Waals surface area contributed by atoms with Gasteiger partial charge in [-0.3, -0.25) is 4.79 Å². The number of rotatable bonds is 3. The number of methoxy groups -OCH3 is 1. The van der Waals surface area contributed by atoms with Crippen molar-refractivity contribution in [2.45, 2.75) is 38.8 Å². The summed E-state index contributed by atoms with van der Waals surface area (Å²) in [5.74, 6) is 0. The number of halogens is 1. The van der Waals surface area contributed by atoms with Crippen LogP contribution in [0.3, 0.4) is 0 Å². The highest BCUT2D eigenvalue weighted by Gasteiger charge is 2.57. The molecule has 1 aromatic rings. The highest BCUT2D eigenvalue weighted by Crippen LogP contribution is 2.52. The third-order valence-electron chi connectivity index (χ3n) is 4.69. The molecule has 0 saturated heterocycles. The number of ether oxygens (including phenoxy) is 1. The lowest BCUT2D eigenvalue weighted by molar-refractivity contribution is -0.166. The van der Waals surface area contributed by atoms with E-state index in [-0.39, 0.29) is 27.6 Å². The van der Waals surface area contributed by atoms with Gasteiger partial charge in [-0.2, -0.15) is 5.10 Å². The average Bonchev–Trinajstić information content (AvgIpc) is 2.38. The molecule has 0 radical (unpaired) electrons. The average molecular weight is 286 g/mol. The summed E-state index contributed by atoms with van der Waals surface area (Å²) in [5, 5.41) is 7.47. The Kier molecular flexibility index (Phi) is 3.39. The van der Waals surface area contributed by atoms with Gasteiger partial charge in [-0.15, -0.1) is 0 Å². The molecule has 1 aliphatic carbocycles. The van der Waals surface area contributed by atoms with Crippen molar-refractivity contribution in [3.63, 3.8) is 0 Å². The van der Waals surface area contributed by atoms with Gasteiger partial charge < -0.3 is 10.1 Å². The van der Waals surface area contributed by atoms with Gasteiger partial charge in [0.05, 0.1) is 17.5 Å². The standard InChI is InChI=1S/C13H20ClN3O2/c1-12(2)9(6-13(12,3)19-5)16-8-7-15-17(4)11(18)10(8)14/h7,9,16H,6H2,1-5H3/t9-,13-/m1/s1. The van der Waals surface area contributed by atoms with Gasteiger partial charge in [-0.05, 0) is 13.3 Å². The molecule has 1 aliphatic rings. The van der Waals surface area contributed by atoms with E-state index in [9.17, 15) is 4.79 Å². The van der Waals surface area contributed by atoms with E-state index in [4.69, 9.17) is 16.3 Å². The minimum atomic E-state index is -0.293. The fraction of sp³-hybridized carbons (Fsp3) is 0.692. The second-order valence-electron chi connectivity index (χ2n) is 5.86. The Labute approximate surface area is 117 Å². The first-order valence-electron chi connectivity index (χ1n) is 6.26. The fourth-order valence-corrected chi connectivity index (χ4v) is 2.75. The van der Waals surface area contributed by atoms with E-state index in [2.05, 4.69) is 31.2 Å². The summed E-state index contributed by atoms with van der Waals surface area (Å²) in [4.78, 5) is 11.7. The van der Waals surface area contributed by atoms with E-state index in [1.165, 1.54) is 4.68 Å². The molecule has 0 aliphatic heterocycles. The van der Waals surface area contributed by atoms with E-state index in [0.29, 0.717) is 5.69 Å². The summed E-state index contributed by atoms with van der Waals surface area (Å²) in [5.41, 5.74) is 0.0792. The van der Waals surface area contributed by atoms with E-state index >= 15 is 0 Å². The number of hydrogen-bond acceptors (Lipinski definition) is 4. The van der Waals surface area contributed by atoms with Crippen molar-refractivity contribution in [2.75, 3.05) is 12.4 Å². The minimum absolute atomic E-state index is 0.0494. The number of aromatic nitrogens is 2. The monoisotopic (exact) mass is 285 g/mol. The van der Waals surface area contributed by atoms with Gasteiger partial charge in [0.25, 0.3) is 5.56 Å². The molecule has 1 N–H and O–H groups in total. The maximum Gasteiger partial charge on any atom is 0.287 e. The smallest absolute Gasteiger partial charge is 0.287 e. The van der Waals surface area contributed by atoms with Crippen LogP contribution < -0.4 is 10.9 Å². The van der Waals surface area contributed by atoms with Crippen molar-refractivity contribution >= 4 is 17.3 Å². The number of aryl methyl sites for hydroxylation is 1. The Hall–Kier alpha value is -1.07. The van der Waals surface area contributed by atoms with Crippen LogP contribution in [0.1, 0.15) is 27.2 Å². The summed E-state index contributed by atoms with van der Waals surface area (Å²) >= 11 is 6.05. The second kappa shape index (κ2) is 4.49. The fourth-order valence-electron chi connectivity index (χ4n) is 2.52. The molecule has 106 valence electrons. The zero-order valence-corrected chi connectivity index (χ0v) is 12.7. The molecule has 0 spiro atoms. The van der Waals surface area contributed by atoms with E-state index < -0.39 is 0 Å². The largest absolute Gasteiger partial charge is 0.379 e. The zero-order chi connectivity index (χ0) is 14.4. The summed E-state index contributed by atoms with van der Waals surface area (Å²) in [6, 6.07) is 0.198. The van der Waals surface area contributed by atoms with E-state index in [1.807, 2.05) is 0 Å². The Bertz CT molecular complexity index is 555. The van der Waals surface area contributed by atoms with E-state index in [1.54, 1.807) is 20.4 Å². The maximum absolute atomic E-state index is 11.7. The molecular weight excluding hydrogens is 266 g/mol. The summed E-state index contributed by atoms with van der Waals surface area (Å²) in [6.07, 6.45) is 2.45. The van der Waals surface area contributed by atoms with Gasteiger partial charge in [0, 0.05) is 25.6 Å². The topological polar surface area (TPSA) is 56.1 Å². The van der Waals surface area contributed by atoms with Crippen molar-refractivity contribution in [2.24, 2.45) is 12.5 Å². The molecule has 1 saturated carbocycles. The third kappa shape index (κ3) is 2.05. The van der Waals surface area contributed by atoms with Gasteiger partial charge in [0.2, 0.25) is 0 Å². The Morgan fingerprint density at radius 1 is 1.53 bits per heavy atom. The molecular formula is C13H20ClN3O2. The van der Waals surface area contributed by atoms with Crippen LogP contribution in [0, 0.1) is 5.41 Å². The number of nitrogens with one attached hydrogen (secondary N) is 1. The van der Waals surface area contributed by atoms with Crippen molar-refractivity contribution < 1.29 is 4.74 Å². The first kappa shape index (κ1) is 14.3. The van der Waals surface area contributed by atoms with Gasteiger partial charge in [-0.1, -0.05) is 25.4 Å². The van der Waals surface area contributed by atoms with Gasteiger partial charge in [0.15, 0.2) is 0 Å². The lowest BCUT2D eigenvalue weighted by Gasteiger charge is -2.59. The van der Waals surface area contributed by atoms with Crippen LogP contribution in [0.25, 0.3) is 0 Å². The first-order valence-corrected chi connectivity index (χ1v) is 6.64. The van der Waals surface area contributed by atoms with Gasteiger partial charge >= 0.3 is 0 Å². The van der Waals surface area contributed by atoms with Gasteiger partial charge in [0.1, 0.15) is 5.02 Å². The molecule has 5 nitrogen and oxygen atoms in total. The second-order valence-corrected chi connectivity index (χ2v) is 6.24. The number of hydrogen-bond donors (Lipinski definition) is 1. The highest BCUT2D eigenvalue weighted by molar-refractivity contribution is 6.32. The minimum Gasteiger partial charge on any atom is -0.379 e. The van der Waals surface area contributed by atoms with Crippen LogP contribution in [-0.4, -0.2) is 28.5 Å². The Morgan fingerprint density at radius 2 is 2.16 bits per heavy atom. The molecule has 0 bridgehead atoms. The first-order chi connectivity index (χ1) is 8.73. The summed E-state index contributed by atoms with van der Waals surface area (Å²) in [6.45, 7) is 6.37. The molecule has 1 fully saturated rings. The lowest BCUT2D eigenvalue weighted by atomic mass is 9.56. The van der Waals surface area contributed by atoms with Crippen LogP contribution in [0.5, 0.6) is 0 Å². The molecule has 6 heteroatoms. The van der Waals surface area contributed by atoms with Crippen molar-refractivity contribution in [3.05, 3.63) is 21.6 Å². The molecule has 1 aromatic heterocycles. The van der Waals surface area contributed by atoms with Crippen LogP contribution in [0.4, 0.5) is 5.69 Å². The van der Waals surface area contributed by atoms with Crippen LogP contribution in [-0.2, 0) is 11.8 Å². The van der Waals surface area contributed by atoms with Crippen molar-refractivity contribution in [1.82, 2.24) is 9.78 Å². The predicted molar refractivity (Wildman–Crippen MR) is 75.7 cm³/mol. The Morgan fingerprint density at radius 3 is 2.68 bits per heavy atom. The number of nitrogens with zero attached hydrogens (tertiary/aromatic N) is 2. The SMILES string of the molecule is CO[C@]1(C)C[C@@H](Nc2cnn(C)c(=O)c2Cl)C1(C)C. The quantitative estimate of drug-likeness (QED) is 0.923. The number of anilines is 1. The summed E-state index contributed by atoms with van der Waals surface area (Å²) in [7, 11) is 3.30. The molecule has 0 unspecified atom stereocenters. The molecule has 2 atom stereocenters. The molecule has 19 heavy (non-hydrogen) atoms. The van der Waals surface area contributed by atoms with E-state index in [0.717, 1.165) is 6.42 Å². The van der Waals surface area contributed by atoms with Crippen LogP contribution in [0.15, 0.2) is 11.0 Å². The summed E-state index contributed by atoms with van der Waals surface area (Å²) < 4.78 is 6.80. The van der Waals surface area contributed by atoms with Crippen molar-refractivity contribution in [3.8, 4) is 0 Å². The predicted octanol–water partition coefficient (Wildman–Crippen LogP) is 2.05. The Balaban J connectivity index is 2.21. The van der Waals surface area contributed by atoms with Crippen molar-refractivity contribution in [1.29, 1.82) is 0 Å². The lowest BCUT2D eigenvalue weighted by Crippen LogP contribution is -2.65. The van der Waals surface area contributed by atoms with Crippen LogP contribution in [0.2, 0.25) is 5.02 Å². The molecule has 0 amide bonds. The molecule has 2 rings (SSSR count). The van der Waals surface area contributed by atoms with Gasteiger partial charge in [-0.25, -0.2) is 4.68 Å². The third-order valence-corrected chi connectivity index (χ3v) is 5.05.